The fourth-order valence-electron chi connectivity index (χ4n) is 2.69. The highest BCUT2D eigenvalue weighted by atomic mass is 35.5. The van der Waals surface area contributed by atoms with E-state index in [-0.39, 0.29) is 19.1 Å². The molecular weight excluding hydrogens is 334 g/mol. The van der Waals surface area contributed by atoms with Crippen LogP contribution in [0, 0.1) is 6.92 Å². The SMILES string of the molecule is Cc1c(C(=O)N2CCOC[C@@H]2C(=O)O)cnn1-c1ccccc1Cl. The molecule has 0 bridgehead atoms. The zero-order valence-electron chi connectivity index (χ0n) is 13.0. The molecular formula is C16H16ClN3O4. The summed E-state index contributed by atoms with van der Waals surface area (Å²) in [7, 11) is 0. The number of carbonyl (C=O) groups excluding carboxylic acids is 1. The normalized spacial score (nSPS) is 17.8. The Balaban J connectivity index is 1.94. The van der Waals surface area contributed by atoms with Crippen LogP contribution in [0.3, 0.4) is 0 Å². The fraction of sp³-hybridized carbons (Fsp3) is 0.312. The van der Waals surface area contributed by atoms with Gasteiger partial charge in [0.25, 0.3) is 5.91 Å². The summed E-state index contributed by atoms with van der Waals surface area (Å²) in [6.45, 7) is 2.28. The molecule has 0 saturated carbocycles. The quantitative estimate of drug-likeness (QED) is 0.912. The molecule has 1 aromatic carbocycles. The van der Waals surface area contributed by atoms with Crippen LogP contribution in [0.1, 0.15) is 16.1 Å². The van der Waals surface area contributed by atoms with Crippen LogP contribution in [0.5, 0.6) is 0 Å². The Bertz CT molecular complexity index is 789. The number of carbonyl (C=O) groups is 2. The molecule has 1 amide bonds. The zero-order chi connectivity index (χ0) is 17.3. The Hall–Kier alpha value is -2.38. The number of hydrogen-bond acceptors (Lipinski definition) is 4. The van der Waals surface area contributed by atoms with Gasteiger partial charge in [-0.15, -0.1) is 0 Å². The second kappa shape index (κ2) is 6.62. The number of aliphatic carboxylic acids is 1. The minimum atomic E-state index is -1.08. The summed E-state index contributed by atoms with van der Waals surface area (Å²) in [6, 6.07) is 6.18. The summed E-state index contributed by atoms with van der Waals surface area (Å²) in [5.41, 5.74) is 1.61. The van der Waals surface area contributed by atoms with Crippen LogP contribution >= 0.6 is 11.6 Å². The third-order valence-corrected chi connectivity index (χ3v) is 4.31. The van der Waals surface area contributed by atoms with Crippen molar-refractivity contribution >= 4 is 23.5 Å². The summed E-state index contributed by atoms with van der Waals surface area (Å²) in [5.74, 6) is -1.46. The molecule has 1 saturated heterocycles. The minimum Gasteiger partial charge on any atom is -0.480 e. The van der Waals surface area contributed by atoms with Gasteiger partial charge in [0.2, 0.25) is 0 Å². The molecule has 1 aliphatic rings. The van der Waals surface area contributed by atoms with Crippen molar-refractivity contribution in [1.82, 2.24) is 14.7 Å². The minimum absolute atomic E-state index is 0.0151. The summed E-state index contributed by atoms with van der Waals surface area (Å²) in [4.78, 5) is 25.4. The predicted molar refractivity (Wildman–Crippen MR) is 86.6 cm³/mol. The van der Waals surface area contributed by atoms with Gasteiger partial charge < -0.3 is 14.7 Å². The van der Waals surface area contributed by atoms with Crippen LogP contribution in [0.2, 0.25) is 5.02 Å². The predicted octanol–water partition coefficient (Wildman–Crippen LogP) is 1.76. The number of aromatic nitrogens is 2. The van der Waals surface area contributed by atoms with Crippen molar-refractivity contribution in [1.29, 1.82) is 0 Å². The van der Waals surface area contributed by atoms with Gasteiger partial charge in [-0.25, -0.2) is 9.48 Å². The maximum atomic E-state index is 12.8. The molecule has 0 unspecified atom stereocenters. The Kier molecular flexibility index (Phi) is 4.55. The number of benzene rings is 1. The third kappa shape index (κ3) is 2.88. The lowest BCUT2D eigenvalue weighted by atomic mass is 10.1. The molecule has 0 radical (unpaired) electrons. The van der Waals surface area contributed by atoms with E-state index in [1.165, 1.54) is 11.1 Å². The van der Waals surface area contributed by atoms with Crippen molar-refractivity contribution in [3.8, 4) is 5.69 Å². The average Bonchev–Trinajstić information content (AvgIpc) is 2.96. The van der Waals surface area contributed by atoms with E-state index in [1.807, 2.05) is 12.1 Å². The van der Waals surface area contributed by atoms with E-state index in [4.69, 9.17) is 16.3 Å². The number of carboxylic acids is 1. The molecule has 1 N–H and O–H groups in total. The first kappa shape index (κ1) is 16.5. The fourth-order valence-corrected chi connectivity index (χ4v) is 2.91. The number of carboxylic acid groups (broad SMARTS) is 1. The highest BCUT2D eigenvalue weighted by molar-refractivity contribution is 6.32. The first-order chi connectivity index (χ1) is 11.5. The van der Waals surface area contributed by atoms with E-state index >= 15 is 0 Å². The molecule has 1 aliphatic heterocycles. The van der Waals surface area contributed by atoms with E-state index < -0.39 is 12.0 Å². The number of rotatable bonds is 3. The van der Waals surface area contributed by atoms with Gasteiger partial charge in [-0.05, 0) is 19.1 Å². The third-order valence-electron chi connectivity index (χ3n) is 4.00. The van der Waals surface area contributed by atoms with E-state index in [0.29, 0.717) is 28.6 Å². The number of nitrogens with zero attached hydrogens (tertiary/aromatic N) is 3. The summed E-state index contributed by atoms with van der Waals surface area (Å²) in [6.07, 6.45) is 1.44. The molecule has 1 atom stereocenters. The Morgan fingerprint density at radius 1 is 1.38 bits per heavy atom. The van der Waals surface area contributed by atoms with E-state index in [0.717, 1.165) is 0 Å². The van der Waals surface area contributed by atoms with Crippen LogP contribution < -0.4 is 0 Å². The molecule has 24 heavy (non-hydrogen) atoms. The van der Waals surface area contributed by atoms with Gasteiger partial charge in [0, 0.05) is 6.54 Å². The highest BCUT2D eigenvalue weighted by Gasteiger charge is 2.34. The first-order valence-corrected chi connectivity index (χ1v) is 7.79. The molecule has 1 aromatic heterocycles. The van der Waals surface area contributed by atoms with E-state index in [1.54, 1.807) is 23.7 Å². The van der Waals surface area contributed by atoms with Crippen molar-refractivity contribution in [2.75, 3.05) is 19.8 Å². The molecule has 8 heteroatoms. The number of para-hydroxylation sites is 1. The molecule has 2 heterocycles. The van der Waals surface area contributed by atoms with Crippen molar-refractivity contribution in [2.45, 2.75) is 13.0 Å². The zero-order valence-corrected chi connectivity index (χ0v) is 13.7. The van der Waals surface area contributed by atoms with Crippen LogP contribution in [-0.2, 0) is 9.53 Å². The van der Waals surface area contributed by atoms with Crippen molar-refractivity contribution in [2.24, 2.45) is 0 Å². The van der Waals surface area contributed by atoms with Gasteiger partial charge in [-0.2, -0.15) is 5.10 Å². The number of amides is 1. The number of morpholine rings is 1. The number of hydrogen-bond donors (Lipinski definition) is 1. The molecule has 3 rings (SSSR count). The lowest BCUT2D eigenvalue weighted by Gasteiger charge is -2.32. The second-order valence-electron chi connectivity index (χ2n) is 5.43. The molecule has 2 aromatic rings. The molecule has 0 aliphatic carbocycles. The van der Waals surface area contributed by atoms with Crippen molar-refractivity contribution in [3.63, 3.8) is 0 Å². The molecule has 1 fully saturated rings. The number of ether oxygens (including phenoxy) is 1. The average molecular weight is 350 g/mol. The smallest absolute Gasteiger partial charge is 0.328 e. The lowest BCUT2D eigenvalue weighted by Crippen LogP contribution is -2.52. The van der Waals surface area contributed by atoms with Crippen LogP contribution in [0.4, 0.5) is 0 Å². The molecule has 7 nitrogen and oxygen atoms in total. The van der Waals surface area contributed by atoms with Gasteiger partial charge in [0.05, 0.1) is 41.4 Å². The van der Waals surface area contributed by atoms with Gasteiger partial charge in [-0.1, -0.05) is 23.7 Å². The summed E-state index contributed by atoms with van der Waals surface area (Å²) in [5, 5.41) is 14.0. The second-order valence-corrected chi connectivity index (χ2v) is 5.84. The molecule has 126 valence electrons. The summed E-state index contributed by atoms with van der Waals surface area (Å²) >= 11 is 6.18. The molecule has 0 spiro atoms. The summed E-state index contributed by atoms with van der Waals surface area (Å²) < 4.78 is 6.74. The number of halogens is 1. The van der Waals surface area contributed by atoms with Crippen molar-refractivity contribution in [3.05, 3.63) is 46.7 Å². The van der Waals surface area contributed by atoms with E-state index in [9.17, 15) is 14.7 Å². The van der Waals surface area contributed by atoms with Gasteiger partial charge in [0.15, 0.2) is 6.04 Å². The maximum absolute atomic E-state index is 12.8. The standard InChI is InChI=1S/C16H16ClN3O4/c1-10-11(8-18-20(10)13-5-3-2-4-12(13)17)15(21)19-6-7-24-9-14(19)16(22)23/h2-5,8,14H,6-7,9H2,1H3,(H,22,23)/t14-/m1/s1. The topological polar surface area (TPSA) is 84.7 Å². The van der Waals surface area contributed by atoms with Gasteiger partial charge in [-0.3, -0.25) is 4.79 Å². The Morgan fingerprint density at radius 3 is 2.83 bits per heavy atom. The van der Waals surface area contributed by atoms with Gasteiger partial charge in [0.1, 0.15) is 0 Å². The van der Waals surface area contributed by atoms with Crippen molar-refractivity contribution < 1.29 is 19.4 Å². The van der Waals surface area contributed by atoms with Crippen LogP contribution in [0.25, 0.3) is 5.69 Å². The van der Waals surface area contributed by atoms with Crippen LogP contribution in [-0.4, -0.2) is 57.5 Å². The highest BCUT2D eigenvalue weighted by Crippen LogP contribution is 2.23. The lowest BCUT2D eigenvalue weighted by molar-refractivity contribution is -0.147. The first-order valence-electron chi connectivity index (χ1n) is 7.41. The Morgan fingerprint density at radius 2 is 2.12 bits per heavy atom. The maximum Gasteiger partial charge on any atom is 0.328 e. The Labute approximate surface area is 143 Å². The van der Waals surface area contributed by atoms with Crippen LogP contribution in [0.15, 0.2) is 30.5 Å². The largest absolute Gasteiger partial charge is 0.480 e. The van der Waals surface area contributed by atoms with E-state index in [2.05, 4.69) is 5.10 Å². The van der Waals surface area contributed by atoms with Gasteiger partial charge >= 0.3 is 5.97 Å². The monoisotopic (exact) mass is 349 g/mol.